The summed E-state index contributed by atoms with van der Waals surface area (Å²) in [6, 6.07) is 16.4. The minimum absolute atomic E-state index is 0.00234. The summed E-state index contributed by atoms with van der Waals surface area (Å²) in [6.07, 6.45) is 6.74. The third-order valence-corrected chi connectivity index (χ3v) is 3.90. The first-order valence-electron chi connectivity index (χ1n) is 8.89. The zero-order valence-corrected chi connectivity index (χ0v) is 15.9. The van der Waals surface area contributed by atoms with Crippen molar-refractivity contribution in [3.8, 4) is 29.9 Å². The van der Waals surface area contributed by atoms with E-state index in [2.05, 4.69) is 11.2 Å². The molecule has 142 valence electrons. The van der Waals surface area contributed by atoms with Crippen LogP contribution in [-0.4, -0.2) is 19.1 Å². The summed E-state index contributed by atoms with van der Waals surface area (Å²) in [4.78, 5) is 12.5. The second-order valence-corrected chi connectivity index (χ2v) is 5.91. The molecule has 0 spiro atoms. The van der Waals surface area contributed by atoms with Gasteiger partial charge in [0.25, 0.3) is 5.91 Å². The van der Waals surface area contributed by atoms with Gasteiger partial charge in [0.05, 0.1) is 12.6 Å². The first-order valence-corrected chi connectivity index (χ1v) is 8.89. The Morgan fingerprint density at radius 2 is 1.96 bits per heavy atom. The second kappa shape index (κ2) is 10.4. The minimum Gasteiger partial charge on any atom is -0.490 e. The van der Waals surface area contributed by atoms with Crippen molar-refractivity contribution in [2.45, 2.75) is 19.9 Å². The van der Waals surface area contributed by atoms with Crippen molar-refractivity contribution in [2.75, 3.05) is 13.2 Å². The molecule has 0 aliphatic rings. The van der Waals surface area contributed by atoms with Crippen molar-refractivity contribution in [1.29, 1.82) is 5.26 Å². The number of hydrogen-bond acceptors (Lipinski definition) is 4. The highest BCUT2D eigenvalue weighted by atomic mass is 16.5. The van der Waals surface area contributed by atoms with Gasteiger partial charge in [-0.2, -0.15) is 5.26 Å². The molecule has 0 bridgehead atoms. The number of ether oxygens (including phenoxy) is 2. The number of amides is 1. The van der Waals surface area contributed by atoms with E-state index in [0.29, 0.717) is 23.7 Å². The Morgan fingerprint density at radius 3 is 2.61 bits per heavy atom. The molecule has 1 unspecified atom stereocenters. The molecular weight excluding hydrogens is 352 g/mol. The smallest absolute Gasteiger partial charge is 0.262 e. The maximum atomic E-state index is 12.5. The van der Waals surface area contributed by atoms with Crippen LogP contribution in [0, 0.1) is 23.7 Å². The minimum atomic E-state index is -0.440. The van der Waals surface area contributed by atoms with E-state index in [1.807, 2.05) is 50.2 Å². The standard InChI is InChI=1S/C23H22N2O3/c1-4-13-28-21-12-11-18(15-22(21)27-5-2)14-20(16-24)23(26)25-17(3)19-9-7-6-8-10-19/h1,6-12,14-15,17H,5,13H2,2-3H3,(H,25,26)/b20-14+. The van der Waals surface area contributed by atoms with Crippen LogP contribution in [0.3, 0.4) is 0 Å². The predicted molar refractivity (Wildman–Crippen MR) is 109 cm³/mol. The molecule has 2 rings (SSSR count). The van der Waals surface area contributed by atoms with Crippen LogP contribution in [0.2, 0.25) is 0 Å². The summed E-state index contributed by atoms with van der Waals surface area (Å²) < 4.78 is 11.0. The van der Waals surface area contributed by atoms with Gasteiger partial charge in [0.15, 0.2) is 11.5 Å². The fourth-order valence-electron chi connectivity index (χ4n) is 2.54. The Balaban J connectivity index is 2.21. The predicted octanol–water partition coefficient (Wildman–Crippen LogP) is 3.88. The van der Waals surface area contributed by atoms with E-state index in [1.54, 1.807) is 18.2 Å². The number of benzene rings is 2. The van der Waals surface area contributed by atoms with Gasteiger partial charge in [-0.25, -0.2) is 0 Å². The second-order valence-electron chi connectivity index (χ2n) is 5.91. The number of carbonyl (C=O) groups is 1. The Kier molecular flexibility index (Phi) is 7.69. The molecule has 1 atom stereocenters. The number of rotatable bonds is 8. The van der Waals surface area contributed by atoms with E-state index >= 15 is 0 Å². The van der Waals surface area contributed by atoms with Gasteiger partial charge in [0, 0.05) is 0 Å². The van der Waals surface area contributed by atoms with E-state index in [-0.39, 0.29) is 18.2 Å². The van der Waals surface area contributed by atoms with Crippen LogP contribution in [0.5, 0.6) is 11.5 Å². The van der Waals surface area contributed by atoms with E-state index in [4.69, 9.17) is 15.9 Å². The highest BCUT2D eigenvalue weighted by Gasteiger charge is 2.14. The number of terminal acetylenes is 1. The normalized spacial score (nSPS) is 11.6. The van der Waals surface area contributed by atoms with Gasteiger partial charge in [-0.1, -0.05) is 42.3 Å². The fraction of sp³-hybridized carbons (Fsp3) is 0.217. The molecule has 0 fully saturated rings. The molecule has 5 nitrogen and oxygen atoms in total. The van der Waals surface area contributed by atoms with Crippen LogP contribution in [0.1, 0.15) is 31.0 Å². The van der Waals surface area contributed by atoms with Crippen molar-refractivity contribution in [3.63, 3.8) is 0 Å². The fourth-order valence-corrected chi connectivity index (χ4v) is 2.54. The third kappa shape index (κ3) is 5.65. The summed E-state index contributed by atoms with van der Waals surface area (Å²) in [5.74, 6) is 2.98. The van der Waals surface area contributed by atoms with Crippen molar-refractivity contribution >= 4 is 12.0 Å². The molecule has 0 heterocycles. The molecule has 28 heavy (non-hydrogen) atoms. The summed E-state index contributed by atoms with van der Waals surface area (Å²) in [6.45, 7) is 4.29. The van der Waals surface area contributed by atoms with Gasteiger partial charge in [0.2, 0.25) is 0 Å². The maximum absolute atomic E-state index is 12.5. The highest BCUT2D eigenvalue weighted by Crippen LogP contribution is 2.29. The van der Waals surface area contributed by atoms with E-state index in [1.165, 1.54) is 6.08 Å². The number of nitriles is 1. The molecule has 1 N–H and O–H groups in total. The number of carbonyl (C=O) groups excluding carboxylic acids is 1. The quantitative estimate of drug-likeness (QED) is 0.432. The molecule has 0 aliphatic heterocycles. The Bertz CT molecular complexity index is 921. The van der Waals surface area contributed by atoms with Gasteiger partial charge in [0.1, 0.15) is 18.2 Å². The largest absolute Gasteiger partial charge is 0.490 e. The van der Waals surface area contributed by atoms with Crippen LogP contribution in [0.25, 0.3) is 6.08 Å². The van der Waals surface area contributed by atoms with E-state index in [9.17, 15) is 10.1 Å². The Morgan fingerprint density at radius 1 is 1.21 bits per heavy atom. The summed E-state index contributed by atoms with van der Waals surface area (Å²) in [5, 5.41) is 12.3. The summed E-state index contributed by atoms with van der Waals surface area (Å²) in [5.41, 5.74) is 1.61. The van der Waals surface area contributed by atoms with E-state index in [0.717, 1.165) is 5.56 Å². The lowest BCUT2D eigenvalue weighted by Crippen LogP contribution is -2.27. The average molecular weight is 374 g/mol. The van der Waals surface area contributed by atoms with Crippen LogP contribution >= 0.6 is 0 Å². The number of nitrogens with zero attached hydrogens (tertiary/aromatic N) is 1. The van der Waals surface area contributed by atoms with E-state index < -0.39 is 5.91 Å². The maximum Gasteiger partial charge on any atom is 0.262 e. The SMILES string of the molecule is C#CCOc1ccc(/C=C(\C#N)C(=O)NC(C)c2ccccc2)cc1OCC. The van der Waals surface area contributed by atoms with Gasteiger partial charge in [-0.05, 0) is 43.2 Å². The molecule has 2 aromatic carbocycles. The van der Waals surface area contributed by atoms with Crippen molar-refractivity contribution in [3.05, 3.63) is 65.2 Å². The first-order chi connectivity index (χ1) is 13.6. The zero-order chi connectivity index (χ0) is 20.4. The first kappa shape index (κ1) is 20.6. The van der Waals surface area contributed by atoms with Crippen molar-refractivity contribution in [1.82, 2.24) is 5.32 Å². The zero-order valence-electron chi connectivity index (χ0n) is 15.9. The molecule has 0 aromatic heterocycles. The third-order valence-electron chi connectivity index (χ3n) is 3.90. The Hall–Kier alpha value is -3.70. The van der Waals surface area contributed by atoms with Gasteiger partial charge < -0.3 is 14.8 Å². The molecule has 0 saturated heterocycles. The van der Waals surface area contributed by atoms with Crippen LogP contribution in [-0.2, 0) is 4.79 Å². The van der Waals surface area contributed by atoms with Crippen LogP contribution < -0.4 is 14.8 Å². The van der Waals surface area contributed by atoms with Crippen molar-refractivity contribution < 1.29 is 14.3 Å². The molecule has 0 saturated carbocycles. The molecule has 2 aromatic rings. The lowest BCUT2D eigenvalue weighted by Gasteiger charge is -2.14. The summed E-state index contributed by atoms with van der Waals surface area (Å²) >= 11 is 0. The lowest BCUT2D eigenvalue weighted by atomic mass is 10.1. The van der Waals surface area contributed by atoms with Gasteiger partial charge in [-0.3, -0.25) is 4.79 Å². The van der Waals surface area contributed by atoms with Crippen LogP contribution in [0.15, 0.2) is 54.1 Å². The monoisotopic (exact) mass is 374 g/mol. The highest BCUT2D eigenvalue weighted by molar-refractivity contribution is 6.01. The summed E-state index contributed by atoms with van der Waals surface area (Å²) in [7, 11) is 0. The average Bonchev–Trinajstić information content (AvgIpc) is 2.72. The molecule has 0 aliphatic carbocycles. The van der Waals surface area contributed by atoms with Gasteiger partial charge >= 0.3 is 0 Å². The topological polar surface area (TPSA) is 71.3 Å². The molecular formula is C23H22N2O3. The molecule has 0 radical (unpaired) electrons. The Labute approximate surface area is 165 Å². The van der Waals surface area contributed by atoms with Crippen molar-refractivity contribution in [2.24, 2.45) is 0 Å². The molecule has 1 amide bonds. The van der Waals surface area contributed by atoms with Gasteiger partial charge in [-0.15, -0.1) is 6.42 Å². The lowest BCUT2D eigenvalue weighted by molar-refractivity contribution is -0.117. The number of nitrogens with one attached hydrogen (secondary N) is 1. The molecule has 5 heteroatoms. The van der Waals surface area contributed by atoms with Crippen LogP contribution in [0.4, 0.5) is 0 Å². The number of hydrogen-bond donors (Lipinski definition) is 1.